The van der Waals surface area contributed by atoms with Crippen molar-refractivity contribution in [3.05, 3.63) is 76.8 Å². The number of carbonyl (C=O) groups is 2. The first-order valence-electron chi connectivity index (χ1n) is 10.0. The van der Waals surface area contributed by atoms with Crippen molar-refractivity contribution in [2.24, 2.45) is 5.73 Å². The van der Waals surface area contributed by atoms with E-state index in [-0.39, 0.29) is 16.7 Å². The quantitative estimate of drug-likeness (QED) is 0.414. The predicted octanol–water partition coefficient (Wildman–Crippen LogP) is 4.75. The first kappa shape index (κ1) is 21.5. The molecule has 0 aliphatic heterocycles. The number of fused-ring (bicyclic) bond motifs is 1. The summed E-state index contributed by atoms with van der Waals surface area (Å²) < 4.78 is 2.05. The Labute approximate surface area is 188 Å². The van der Waals surface area contributed by atoms with Crippen LogP contribution in [0.25, 0.3) is 27.0 Å². The number of allylic oxidation sites excluding steroid dienone is 2. The monoisotopic (exact) mass is 446 g/mol. The van der Waals surface area contributed by atoms with E-state index >= 15 is 0 Å². The Bertz CT molecular complexity index is 1360. The Morgan fingerprint density at radius 1 is 1.16 bits per heavy atom. The molecular weight excluding hydrogens is 424 g/mol. The number of carbonyl (C=O) groups excluding carboxylic acids is 1. The van der Waals surface area contributed by atoms with Crippen molar-refractivity contribution in [1.29, 1.82) is 0 Å². The molecule has 0 saturated heterocycles. The molecule has 0 unspecified atom stereocenters. The van der Waals surface area contributed by atoms with Gasteiger partial charge in [-0.2, -0.15) is 0 Å². The van der Waals surface area contributed by atoms with Crippen LogP contribution >= 0.6 is 11.3 Å². The van der Waals surface area contributed by atoms with Gasteiger partial charge in [0.2, 0.25) is 0 Å². The second-order valence-corrected chi connectivity index (χ2v) is 8.64. The van der Waals surface area contributed by atoms with Crippen LogP contribution in [0.5, 0.6) is 0 Å². The molecule has 0 saturated carbocycles. The number of carboxylic acids is 1. The number of aromatic carboxylic acids is 1. The van der Waals surface area contributed by atoms with Crippen LogP contribution in [0, 0.1) is 0 Å². The van der Waals surface area contributed by atoms with E-state index in [1.807, 2.05) is 42.0 Å². The number of pyridine rings is 2. The van der Waals surface area contributed by atoms with Crippen LogP contribution in [0.2, 0.25) is 0 Å². The number of ketones is 1. The fraction of sp³-hybridized carbons (Fsp3) is 0.167. The molecule has 4 aromatic heterocycles. The zero-order valence-corrected chi connectivity index (χ0v) is 18.7. The van der Waals surface area contributed by atoms with E-state index in [1.165, 1.54) is 18.3 Å². The van der Waals surface area contributed by atoms with Crippen LogP contribution in [-0.4, -0.2) is 31.4 Å². The van der Waals surface area contributed by atoms with Gasteiger partial charge >= 0.3 is 5.97 Å². The van der Waals surface area contributed by atoms with Gasteiger partial charge in [-0.1, -0.05) is 6.07 Å². The second-order valence-electron chi connectivity index (χ2n) is 7.56. The van der Waals surface area contributed by atoms with Gasteiger partial charge in [-0.15, -0.1) is 11.3 Å². The Morgan fingerprint density at radius 2 is 1.94 bits per heavy atom. The van der Waals surface area contributed by atoms with Crippen LogP contribution in [0.4, 0.5) is 0 Å². The van der Waals surface area contributed by atoms with Gasteiger partial charge in [0.25, 0.3) is 0 Å². The number of thiophene rings is 1. The predicted molar refractivity (Wildman–Crippen MR) is 126 cm³/mol. The average Bonchev–Trinajstić information content (AvgIpc) is 3.38. The van der Waals surface area contributed by atoms with E-state index < -0.39 is 5.97 Å². The highest BCUT2D eigenvalue weighted by Gasteiger charge is 2.21. The normalized spacial score (nSPS) is 13.1. The van der Waals surface area contributed by atoms with Gasteiger partial charge in [0.1, 0.15) is 4.88 Å². The van der Waals surface area contributed by atoms with Gasteiger partial charge in [0.05, 0.1) is 22.8 Å². The molecule has 0 radical (unpaired) electrons. The van der Waals surface area contributed by atoms with Crippen molar-refractivity contribution in [2.75, 3.05) is 0 Å². The third-order valence-electron chi connectivity index (χ3n) is 5.32. The third-order valence-corrected chi connectivity index (χ3v) is 6.43. The summed E-state index contributed by atoms with van der Waals surface area (Å²) in [6.45, 7) is 5.21. The molecule has 0 aromatic carbocycles. The van der Waals surface area contributed by atoms with E-state index in [9.17, 15) is 14.7 Å². The summed E-state index contributed by atoms with van der Waals surface area (Å²) in [6.07, 6.45) is 5.35. The Morgan fingerprint density at radius 3 is 2.53 bits per heavy atom. The van der Waals surface area contributed by atoms with E-state index in [2.05, 4.69) is 9.97 Å². The molecule has 8 heteroatoms. The van der Waals surface area contributed by atoms with Gasteiger partial charge in [0, 0.05) is 45.9 Å². The largest absolute Gasteiger partial charge is 0.477 e. The molecule has 0 aliphatic carbocycles. The minimum atomic E-state index is -0.961. The Hall–Kier alpha value is -3.78. The van der Waals surface area contributed by atoms with E-state index in [0.29, 0.717) is 22.4 Å². The Balaban J connectivity index is 1.97. The Kier molecular flexibility index (Phi) is 5.63. The first-order chi connectivity index (χ1) is 15.3. The van der Waals surface area contributed by atoms with E-state index in [1.54, 1.807) is 31.5 Å². The summed E-state index contributed by atoms with van der Waals surface area (Å²) in [6, 6.07) is 10.9. The summed E-state index contributed by atoms with van der Waals surface area (Å²) >= 11 is 1.20. The minimum Gasteiger partial charge on any atom is -0.477 e. The molecule has 162 valence electrons. The second kappa shape index (κ2) is 8.39. The molecule has 4 aromatic rings. The maximum atomic E-state index is 12.2. The number of Topliss-reactive ketones (excluding diaryl/α,β-unsaturated/α-hetero) is 1. The summed E-state index contributed by atoms with van der Waals surface area (Å²) in [5, 5.41) is 9.33. The zero-order chi connectivity index (χ0) is 23.0. The van der Waals surface area contributed by atoms with Crippen molar-refractivity contribution in [2.45, 2.75) is 26.8 Å². The summed E-state index contributed by atoms with van der Waals surface area (Å²) in [4.78, 5) is 33.8. The van der Waals surface area contributed by atoms with Gasteiger partial charge in [0.15, 0.2) is 5.78 Å². The molecular formula is C24H22N4O3S. The van der Waals surface area contributed by atoms with E-state index in [0.717, 1.165) is 21.7 Å². The fourth-order valence-corrected chi connectivity index (χ4v) is 4.69. The molecule has 1 atom stereocenters. The van der Waals surface area contributed by atoms with E-state index in [4.69, 9.17) is 5.73 Å². The number of hydrogen-bond donors (Lipinski definition) is 2. The molecule has 7 nitrogen and oxygen atoms in total. The molecule has 3 N–H and O–H groups in total. The van der Waals surface area contributed by atoms with Crippen LogP contribution < -0.4 is 5.73 Å². The van der Waals surface area contributed by atoms with Gasteiger partial charge in [-0.25, -0.2) is 4.79 Å². The fourth-order valence-electron chi connectivity index (χ4n) is 3.84. The number of hydrogen-bond acceptors (Lipinski definition) is 6. The summed E-state index contributed by atoms with van der Waals surface area (Å²) in [5.74, 6) is -1.09. The maximum absolute atomic E-state index is 12.2. The molecule has 32 heavy (non-hydrogen) atoms. The smallest absolute Gasteiger partial charge is 0.345 e. The van der Waals surface area contributed by atoms with Gasteiger partial charge in [-0.05, 0) is 51.1 Å². The number of aromatic nitrogens is 3. The van der Waals surface area contributed by atoms with Crippen LogP contribution in [0.3, 0.4) is 0 Å². The lowest BCUT2D eigenvalue weighted by Gasteiger charge is -2.15. The SMILES string of the molecule is CC(=O)C(=C(C)N)c1cnc2c(-c3ccc(C(=O)O)s3)cn([C@@H](C)c3ccccn3)c2c1. The molecule has 4 rings (SSSR count). The number of rotatable bonds is 6. The van der Waals surface area contributed by atoms with Crippen molar-refractivity contribution in [3.63, 3.8) is 0 Å². The third kappa shape index (κ3) is 3.80. The molecule has 4 heterocycles. The molecule has 0 fully saturated rings. The van der Waals surface area contributed by atoms with Gasteiger partial charge < -0.3 is 15.4 Å². The molecule has 0 amide bonds. The summed E-state index contributed by atoms with van der Waals surface area (Å²) in [5.41, 5.74) is 10.7. The highest BCUT2D eigenvalue weighted by Crippen LogP contribution is 2.37. The molecule has 0 bridgehead atoms. The molecule has 0 spiro atoms. The van der Waals surface area contributed by atoms with Crippen molar-refractivity contribution >= 4 is 39.7 Å². The first-order valence-corrected chi connectivity index (χ1v) is 10.8. The molecule has 0 aliphatic rings. The van der Waals surface area contributed by atoms with Crippen molar-refractivity contribution in [1.82, 2.24) is 14.5 Å². The van der Waals surface area contributed by atoms with Crippen molar-refractivity contribution < 1.29 is 14.7 Å². The number of nitrogens with two attached hydrogens (primary N) is 1. The minimum absolute atomic E-state index is 0.118. The topological polar surface area (TPSA) is 111 Å². The van der Waals surface area contributed by atoms with Crippen LogP contribution in [0.15, 0.2) is 60.7 Å². The highest BCUT2D eigenvalue weighted by molar-refractivity contribution is 7.17. The lowest BCUT2D eigenvalue weighted by Crippen LogP contribution is -2.08. The average molecular weight is 447 g/mol. The van der Waals surface area contributed by atoms with Crippen molar-refractivity contribution in [3.8, 4) is 10.4 Å². The number of carboxylic acid groups (broad SMARTS) is 1. The maximum Gasteiger partial charge on any atom is 0.345 e. The number of nitrogens with zero attached hydrogens (tertiary/aromatic N) is 3. The lowest BCUT2D eigenvalue weighted by atomic mass is 10.0. The summed E-state index contributed by atoms with van der Waals surface area (Å²) in [7, 11) is 0. The zero-order valence-electron chi connectivity index (χ0n) is 17.9. The lowest BCUT2D eigenvalue weighted by molar-refractivity contribution is -0.111. The van der Waals surface area contributed by atoms with Crippen LogP contribution in [0.1, 0.15) is 47.7 Å². The van der Waals surface area contributed by atoms with Gasteiger partial charge in [-0.3, -0.25) is 14.8 Å². The standard InChI is InChI=1S/C24H22N4O3S/c1-13(25)22(15(3)29)16-10-19-23(27-11-16)17(20-7-8-21(32-20)24(30)31)12-28(19)14(2)18-6-4-5-9-26-18/h4-12,14H,25H2,1-3H3,(H,30,31)/t14-/m0/s1. The highest BCUT2D eigenvalue weighted by atomic mass is 32.1. The van der Waals surface area contributed by atoms with Crippen LogP contribution in [-0.2, 0) is 4.79 Å².